The first kappa shape index (κ1) is 61.1. The van der Waals surface area contributed by atoms with Crippen LogP contribution in [0.1, 0.15) is 221 Å². The Bertz CT molecular complexity index is 1650. The minimum atomic E-state index is -1.83. The normalized spacial score (nSPS) is 18.4. The minimum absolute atomic E-state index is 0. The first-order valence-electron chi connectivity index (χ1n) is 24.2. The summed E-state index contributed by atoms with van der Waals surface area (Å²) in [7, 11) is 0. The number of aromatic hydroxyl groups is 2. The second kappa shape index (κ2) is 25.9. The third-order valence-electron chi connectivity index (χ3n) is 13.2. The molecule has 0 amide bonds. The van der Waals surface area contributed by atoms with E-state index in [1.807, 2.05) is 12.4 Å². The first-order valence-corrected chi connectivity index (χ1v) is 24.2. The molecule has 2 unspecified atom stereocenters. The van der Waals surface area contributed by atoms with Crippen molar-refractivity contribution in [2.75, 3.05) is 26.2 Å². The van der Waals surface area contributed by atoms with E-state index in [9.17, 15) is 10.2 Å². The van der Waals surface area contributed by atoms with Crippen LogP contribution in [0.15, 0.2) is 34.3 Å². The predicted octanol–water partition coefficient (Wildman–Crippen LogP) is 14.8. The number of carbonyl (C=O) groups is 1. The Labute approximate surface area is 403 Å². The van der Waals surface area contributed by atoms with Crippen molar-refractivity contribution in [3.63, 3.8) is 0 Å². The molecule has 0 heterocycles. The zero-order valence-corrected chi connectivity index (χ0v) is 44.8. The summed E-state index contributed by atoms with van der Waals surface area (Å²) in [6.45, 7) is 41.0. The molecule has 369 valence electrons. The van der Waals surface area contributed by atoms with Crippen LogP contribution >= 0.6 is 0 Å². The van der Waals surface area contributed by atoms with Crippen LogP contribution in [0.4, 0.5) is 4.79 Å². The molecule has 3 rings (SSSR count). The minimum Gasteiger partial charge on any atom is -0.507 e. The summed E-state index contributed by atoms with van der Waals surface area (Å²) in [4.78, 5) is 19.4. The van der Waals surface area contributed by atoms with Gasteiger partial charge in [-0.05, 0) is 108 Å². The number of quaternary nitrogens is 1. The maximum atomic E-state index is 11.7. The Morgan fingerprint density at radius 2 is 0.938 bits per heavy atom. The quantitative estimate of drug-likeness (QED) is 0.0484. The molecule has 1 aliphatic rings. The molecule has 9 heteroatoms. The molecule has 64 heavy (non-hydrogen) atoms. The number of benzene rings is 2. The number of carboxylic acid groups (broad SMARTS) is 2. The molecule has 2 aromatic carbocycles. The van der Waals surface area contributed by atoms with Gasteiger partial charge in [-0.15, -0.1) is 0 Å². The van der Waals surface area contributed by atoms with Crippen molar-refractivity contribution in [3.05, 3.63) is 65.1 Å². The summed E-state index contributed by atoms with van der Waals surface area (Å²) >= 11 is 0. The second-order valence-electron chi connectivity index (χ2n) is 23.0. The van der Waals surface area contributed by atoms with Gasteiger partial charge in [0.1, 0.15) is 11.5 Å². The van der Waals surface area contributed by atoms with Gasteiger partial charge in [-0.25, -0.2) is 4.79 Å². The molecule has 0 bridgehead atoms. The number of hydrogen-bond donors (Lipinski definition) is 4. The fraction of sp³-hybridized carbons (Fsp3) is 0.709. The molecule has 0 saturated heterocycles. The van der Waals surface area contributed by atoms with Crippen LogP contribution in [0, 0.1) is 12.8 Å². The monoisotopic (exact) mass is 937 g/mol. The van der Waals surface area contributed by atoms with Crippen LogP contribution in [0.2, 0.25) is 0 Å². The summed E-state index contributed by atoms with van der Waals surface area (Å²) in [5, 5.41) is 37.4. The zero-order chi connectivity index (χ0) is 47.3. The molecular formula is C55H95CoN3O5. The van der Waals surface area contributed by atoms with Crippen LogP contribution in [-0.2, 0) is 38.4 Å². The van der Waals surface area contributed by atoms with E-state index in [0.717, 1.165) is 35.1 Å². The Morgan fingerprint density at radius 1 is 0.594 bits per heavy atom. The summed E-state index contributed by atoms with van der Waals surface area (Å²) in [6, 6.07) is 8.64. The van der Waals surface area contributed by atoms with Crippen molar-refractivity contribution >= 4 is 18.6 Å². The Kier molecular flexibility index (Phi) is 24.7. The average molecular weight is 937 g/mol. The van der Waals surface area contributed by atoms with Gasteiger partial charge in [0.25, 0.3) is 0 Å². The summed E-state index contributed by atoms with van der Waals surface area (Å²) in [5.41, 5.74) is 5.54. The van der Waals surface area contributed by atoms with Gasteiger partial charge in [-0.1, -0.05) is 142 Å². The predicted molar refractivity (Wildman–Crippen MR) is 271 cm³/mol. The molecule has 4 N–H and O–H groups in total. The third-order valence-corrected chi connectivity index (χ3v) is 13.2. The zero-order valence-electron chi connectivity index (χ0n) is 43.8. The number of phenolic OH excluding ortho intramolecular Hbond substituents is 2. The van der Waals surface area contributed by atoms with E-state index in [1.165, 1.54) is 106 Å². The molecular weight excluding hydrogens is 842 g/mol. The molecule has 1 radical (unpaired) electrons. The van der Waals surface area contributed by atoms with Crippen molar-refractivity contribution in [1.29, 1.82) is 0 Å². The summed E-state index contributed by atoms with van der Waals surface area (Å²) < 4.78 is 1.27. The topological polar surface area (TPSA) is 123 Å². The molecule has 8 nitrogen and oxygen atoms in total. The van der Waals surface area contributed by atoms with Gasteiger partial charge in [0.2, 0.25) is 0 Å². The van der Waals surface area contributed by atoms with Crippen molar-refractivity contribution < 1.29 is 46.5 Å². The molecule has 0 aromatic heterocycles. The van der Waals surface area contributed by atoms with Crippen molar-refractivity contribution in [2.24, 2.45) is 15.4 Å². The van der Waals surface area contributed by atoms with E-state index in [4.69, 9.17) is 25.0 Å². The van der Waals surface area contributed by atoms with Gasteiger partial charge < -0.3 is 32.3 Å². The molecule has 2 aromatic rings. The van der Waals surface area contributed by atoms with Crippen LogP contribution < -0.4 is 0 Å². The van der Waals surface area contributed by atoms with Crippen LogP contribution in [0.25, 0.3) is 0 Å². The van der Waals surface area contributed by atoms with Crippen molar-refractivity contribution in [1.82, 2.24) is 0 Å². The summed E-state index contributed by atoms with van der Waals surface area (Å²) in [6.07, 6.45) is 16.5. The average Bonchev–Trinajstić information content (AvgIpc) is 3.48. The van der Waals surface area contributed by atoms with Gasteiger partial charge in [-0.2, -0.15) is 0 Å². The van der Waals surface area contributed by atoms with Crippen LogP contribution in [-0.4, -0.2) is 81.8 Å². The number of phenols is 2. The Balaban J connectivity index is 0.00000633. The van der Waals surface area contributed by atoms with Gasteiger partial charge in [0, 0.05) is 51.5 Å². The molecule has 1 fully saturated rings. The number of nitrogens with zero attached hydrogens (tertiary/aromatic N) is 3. The number of rotatable bonds is 19. The van der Waals surface area contributed by atoms with E-state index < -0.39 is 6.16 Å². The Hall–Kier alpha value is -2.88. The number of unbranched alkanes of at least 4 members (excludes halogenated alkanes) is 3. The van der Waals surface area contributed by atoms with Gasteiger partial charge in [0.15, 0.2) is 0 Å². The van der Waals surface area contributed by atoms with Crippen molar-refractivity contribution in [3.8, 4) is 11.5 Å². The Morgan fingerprint density at radius 3 is 1.23 bits per heavy atom. The van der Waals surface area contributed by atoms with E-state index in [2.05, 4.69) is 135 Å². The van der Waals surface area contributed by atoms with E-state index in [1.54, 1.807) is 0 Å². The standard InChI is InChI=1S/C53H89N3O2.CH2O3.CH3.Co/c1-17-21-22-25-53(26-23-24-30-56(27-18-2,28-19-3)29-20-4)35-45(54-37-39-31-41(49(5,6)7)33-43(47(39)57)51(11,12)13)46(36-53)55-38-40-32-42(50(8,9)10)34-44(48(40)58)52(14,15)16;2-1(3)4;;/h31-34,37-38,45-46H,17-30,35-36H2,1-16H3,(H-,54,55,57,58);(H2,2,3,4);1H3;/q;;-1;/p+1. The van der Waals surface area contributed by atoms with Gasteiger partial charge >= 0.3 is 6.16 Å². The fourth-order valence-electron chi connectivity index (χ4n) is 9.74. The second-order valence-corrected chi connectivity index (χ2v) is 23.0. The van der Waals surface area contributed by atoms with E-state index >= 15 is 0 Å². The molecule has 0 spiro atoms. The van der Waals surface area contributed by atoms with E-state index in [-0.39, 0.29) is 63.4 Å². The molecule has 0 aliphatic heterocycles. The third kappa shape index (κ3) is 18.4. The number of hydrogen-bond acceptors (Lipinski definition) is 5. The maximum absolute atomic E-state index is 11.7. The van der Waals surface area contributed by atoms with Crippen molar-refractivity contribution in [2.45, 2.75) is 222 Å². The van der Waals surface area contributed by atoms with E-state index in [0.29, 0.717) is 11.5 Å². The van der Waals surface area contributed by atoms with Crippen LogP contribution in [0.5, 0.6) is 11.5 Å². The van der Waals surface area contributed by atoms with Gasteiger partial charge in [-0.3, -0.25) is 9.98 Å². The maximum Gasteiger partial charge on any atom is 0.503 e. The number of aliphatic imine (C=N–C) groups is 2. The SMILES string of the molecule is CCCCCC1(CCCC[N+](CCC)(CCC)CCC)CC(N=Cc2cc(C(C)(C)C)cc(C(C)(C)C)c2O)C(N=Cc2cc(C(C)(C)C)cc(C(C)(C)C)c2O)C1.O=C(O)O.[CH3-].[Co]. The van der Waals surface area contributed by atoms with Crippen LogP contribution in [0.3, 0.4) is 0 Å². The largest absolute Gasteiger partial charge is 0.507 e. The first-order chi connectivity index (χ1) is 28.6. The van der Waals surface area contributed by atoms with Gasteiger partial charge in [0.05, 0.1) is 38.3 Å². The summed E-state index contributed by atoms with van der Waals surface area (Å²) in [5.74, 6) is 0.672. The smallest absolute Gasteiger partial charge is 0.503 e. The molecule has 1 aliphatic carbocycles. The molecule has 2 atom stereocenters. The molecule has 1 saturated carbocycles. The fourth-order valence-corrected chi connectivity index (χ4v) is 9.74.